The van der Waals surface area contributed by atoms with Gasteiger partial charge in [0.2, 0.25) is 0 Å². The Bertz CT molecular complexity index is 415. The van der Waals surface area contributed by atoms with E-state index in [1.165, 1.54) is 0 Å². The van der Waals surface area contributed by atoms with Crippen molar-refractivity contribution in [2.75, 3.05) is 6.61 Å². The van der Waals surface area contributed by atoms with E-state index in [1.807, 2.05) is 24.3 Å². The standard InChI is InChI=1S/C10H11N3O2/c11-10(14)13-12-8-5-6-15-9-4-2-1-3-7(8)9/h1-4H,5-6H2,(H3,11,13,14). The molecule has 0 unspecified atom stereocenters. The van der Waals surface area contributed by atoms with Gasteiger partial charge in [-0.1, -0.05) is 12.1 Å². The number of hydrazone groups is 1. The number of carbonyl (C=O) groups excluding carboxylic acids is 1. The molecule has 3 N–H and O–H groups in total. The van der Waals surface area contributed by atoms with Crippen LogP contribution in [0.4, 0.5) is 4.79 Å². The lowest BCUT2D eigenvalue weighted by Gasteiger charge is -2.18. The molecule has 0 aliphatic carbocycles. The summed E-state index contributed by atoms with van der Waals surface area (Å²) >= 11 is 0. The summed E-state index contributed by atoms with van der Waals surface area (Å²) in [5.41, 5.74) is 8.86. The number of nitrogens with zero attached hydrogens (tertiary/aromatic N) is 1. The molecule has 1 heterocycles. The van der Waals surface area contributed by atoms with Crippen LogP contribution in [-0.2, 0) is 0 Å². The maximum Gasteiger partial charge on any atom is 0.332 e. The van der Waals surface area contributed by atoms with Gasteiger partial charge >= 0.3 is 6.03 Å². The lowest BCUT2D eigenvalue weighted by atomic mass is 10.0. The third kappa shape index (κ3) is 2.07. The highest BCUT2D eigenvalue weighted by Gasteiger charge is 2.15. The van der Waals surface area contributed by atoms with Crippen molar-refractivity contribution in [2.24, 2.45) is 10.8 Å². The van der Waals surface area contributed by atoms with Gasteiger partial charge in [-0.3, -0.25) is 0 Å². The van der Waals surface area contributed by atoms with E-state index >= 15 is 0 Å². The van der Waals surface area contributed by atoms with Gasteiger partial charge < -0.3 is 10.5 Å². The van der Waals surface area contributed by atoms with Crippen LogP contribution in [-0.4, -0.2) is 18.3 Å². The van der Waals surface area contributed by atoms with Crippen molar-refractivity contribution in [1.82, 2.24) is 5.43 Å². The van der Waals surface area contributed by atoms with Crippen LogP contribution >= 0.6 is 0 Å². The highest BCUT2D eigenvalue weighted by Crippen LogP contribution is 2.23. The third-order valence-electron chi connectivity index (χ3n) is 2.10. The molecule has 1 aromatic rings. The number of hydrogen-bond donors (Lipinski definition) is 2. The van der Waals surface area contributed by atoms with E-state index < -0.39 is 6.03 Å². The molecule has 0 fully saturated rings. The SMILES string of the molecule is NC(=O)NN=C1CCOc2ccccc21. The van der Waals surface area contributed by atoms with Crippen molar-refractivity contribution < 1.29 is 9.53 Å². The van der Waals surface area contributed by atoms with Crippen LogP contribution in [0.3, 0.4) is 0 Å². The molecule has 1 aliphatic rings. The normalized spacial score (nSPS) is 16.7. The van der Waals surface area contributed by atoms with Gasteiger partial charge in [0.1, 0.15) is 5.75 Å². The van der Waals surface area contributed by atoms with Gasteiger partial charge in [0, 0.05) is 12.0 Å². The van der Waals surface area contributed by atoms with Gasteiger partial charge in [-0.2, -0.15) is 5.10 Å². The predicted molar refractivity (Wildman–Crippen MR) is 55.8 cm³/mol. The number of rotatable bonds is 1. The minimum Gasteiger partial charge on any atom is -0.492 e. The van der Waals surface area contributed by atoms with Crippen LogP contribution < -0.4 is 15.9 Å². The molecular weight excluding hydrogens is 194 g/mol. The Balaban J connectivity index is 2.29. The van der Waals surface area contributed by atoms with Crippen LogP contribution in [0, 0.1) is 0 Å². The minimum absolute atomic E-state index is 0.566. The third-order valence-corrected chi connectivity index (χ3v) is 2.10. The number of nitrogens with one attached hydrogen (secondary N) is 1. The first-order valence-corrected chi connectivity index (χ1v) is 4.61. The van der Waals surface area contributed by atoms with Crippen LogP contribution in [0.1, 0.15) is 12.0 Å². The number of para-hydroxylation sites is 1. The molecule has 0 atom stereocenters. The summed E-state index contributed by atoms with van der Waals surface area (Å²) in [5.74, 6) is 0.786. The lowest BCUT2D eigenvalue weighted by molar-refractivity contribution is 0.249. The zero-order valence-corrected chi connectivity index (χ0v) is 8.06. The fourth-order valence-corrected chi connectivity index (χ4v) is 1.46. The van der Waals surface area contributed by atoms with E-state index in [9.17, 15) is 4.79 Å². The molecule has 78 valence electrons. The maximum absolute atomic E-state index is 10.5. The van der Waals surface area contributed by atoms with Crippen molar-refractivity contribution in [3.63, 3.8) is 0 Å². The molecule has 5 nitrogen and oxygen atoms in total. The van der Waals surface area contributed by atoms with Gasteiger partial charge in [-0.05, 0) is 12.1 Å². The van der Waals surface area contributed by atoms with E-state index in [-0.39, 0.29) is 0 Å². The quantitative estimate of drug-likeness (QED) is 0.666. The summed E-state index contributed by atoms with van der Waals surface area (Å²) in [6.45, 7) is 0.566. The van der Waals surface area contributed by atoms with Crippen LogP contribution in [0.5, 0.6) is 5.75 Å². The molecule has 0 saturated heterocycles. The fraction of sp³-hybridized carbons (Fsp3) is 0.200. The van der Waals surface area contributed by atoms with E-state index in [4.69, 9.17) is 10.5 Å². The molecule has 5 heteroatoms. The molecule has 2 rings (SSSR count). The Morgan fingerprint density at radius 2 is 2.27 bits per heavy atom. The van der Waals surface area contributed by atoms with Crippen molar-refractivity contribution in [3.8, 4) is 5.75 Å². The second-order valence-corrected chi connectivity index (χ2v) is 3.13. The number of amides is 2. The van der Waals surface area contributed by atoms with Crippen LogP contribution in [0.25, 0.3) is 0 Å². The van der Waals surface area contributed by atoms with E-state index in [2.05, 4.69) is 10.5 Å². The average molecular weight is 205 g/mol. The molecule has 15 heavy (non-hydrogen) atoms. The Kier molecular flexibility index (Phi) is 2.53. The Morgan fingerprint density at radius 1 is 1.47 bits per heavy atom. The van der Waals surface area contributed by atoms with E-state index in [0.717, 1.165) is 17.0 Å². The molecule has 0 saturated carbocycles. The number of hydrogen-bond acceptors (Lipinski definition) is 3. The van der Waals surface area contributed by atoms with Crippen molar-refractivity contribution in [3.05, 3.63) is 29.8 Å². The largest absolute Gasteiger partial charge is 0.492 e. The number of nitrogens with two attached hydrogens (primary N) is 1. The summed E-state index contributed by atoms with van der Waals surface area (Å²) in [6, 6.07) is 6.90. The zero-order chi connectivity index (χ0) is 10.7. The molecule has 0 aromatic heterocycles. The molecule has 1 aromatic carbocycles. The lowest BCUT2D eigenvalue weighted by Crippen LogP contribution is -2.27. The van der Waals surface area contributed by atoms with Crippen LogP contribution in [0.15, 0.2) is 29.4 Å². The van der Waals surface area contributed by atoms with Crippen LogP contribution in [0.2, 0.25) is 0 Å². The van der Waals surface area contributed by atoms with E-state index in [1.54, 1.807) is 0 Å². The van der Waals surface area contributed by atoms with Gasteiger partial charge in [-0.15, -0.1) is 0 Å². The molecule has 0 spiro atoms. The summed E-state index contributed by atoms with van der Waals surface area (Å²) < 4.78 is 5.44. The second kappa shape index (κ2) is 4.00. The van der Waals surface area contributed by atoms with Gasteiger partial charge in [0.15, 0.2) is 0 Å². The van der Waals surface area contributed by atoms with Gasteiger partial charge in [0.05, 0.1) is 12.3 Å². The first-order chi connectivity index (χ1) is 7.27. The first kappa shape index (κ1) is 9.51. The average Bonchev–Trinajstić information content (AvgIpc) is 2.26. The number of benzene rings is 1. The van der Waals surface area contributed by atoms with Gasteiger partial charge in [0.25, 0.3) is 0 Å². The Morgan fingerprint density at radius 3 is 3.07 bits per heavy atom. The molecular formula is C10H11N3O2. The topological polar surface area (TPSA) is 76.7 Å². The Hall–Kier alpha value is -2.04. The highest BCUT2D eigenvalue weighted by molar-refractivity contribution is 6.04. The maximum atomic E-state index is 10.5. The van der Waals surface area contributed by atoms with Gasteiger partial charge in [-0.25, -0.2) is 10.2 Å². The van der Waals surface area contributed by atoms with E-state index in [0.29, 0.717) is 13.0 Å². The highest BCUT2D eigenvalue weighted by atomic mass is 16.5. The number of urea groups is 1. The molecule has 0 bridgehead atoms. The second-order valence-electron chi connectivity index (χ2n) is 3.13. The zero-order valence-electron chi connectivity index (χ0n) is 8.06. The summed E-state index contributed by atoms with van der Waals surface area (Å²) in [5, 5.41) is 3.94. The summed E-state index contributed by atoms with van der Waals surface area (Å²) in [6.07, 6.45) is 0.664. The summed E-state index contributed by atoms with van der Waals surface area (Å²) in [7, 11) is 0. The molecule has 1 aliphatic heterocycles. The Labute approximate surface area is 86.9 Å². The number of carbonyl (C=O) groups is 1. The fourth-order valence-electron chi connectivity index (χ4n) is 1.46. The minimum atomic E-state index is -0.661. The van der Waals surface area contributed by atoms with Crippen molar-refractivity contribution in [2.45, 2.75) is 6.42 Å². The van der Waals surface area contributed by atoms with Crippen molar-refractivity contribution in [1.29, 1.82) is 0 Å². The smallest absolute Gasteiger partial charge is 0.332 e. The number of primary amides is 1. The summed E-state index contributed by atoms with van der Waals surface area (Å²) in [4.78, 5) is 10.5. The number of ether oxygens (including phenoxy) is 1. The van der Waals surface area contributed by atoms with Crippen molar-refractivity contribution >= 4 is 11.7 Å². The molecule has 2 amide bonds. The number of fused-ring (bicyclic) bond motifs is 1. The first-order valence-electron chi connectivity index (χ1n) is 4.61. The molecule has 0 radical (unpaired) electrons. The monoisotopic (exact) mass is 205 g/mol. The predicted octanol–water partition coefficient (Wildman–Crippen LogP) is 0.841.